The van der Waals surface area contributed by atoms with Crippen molar-refractivity contribution in [1.29, 1.82) is 0 Å². The van der Waals surface area contributed by atoms with Crippen molar-refractivity contribution in [1.82, 2.24) is 0 Å². The molecule has 66 valence electrons. The molecule has 0 aliphatic carbocycles. The van der Waals surface area contributed by atoms with Crippen LogP contribution in [0.15, 0.2) is 16.6 Å². The molecular weight excluding hydrogens is 154 g/mol. The van der Waals surface area contributed by atoms with Gasteiger partial charge in [-0.3, -0.25) is 4.79 Å². The summed E-state index contributed by atoms with van der Waals surface area (Å²) in [5, 5.41) is 0. The second-order valence-corrected chi connectivity index (χ2v) is 3.23. The Hall–Kier alpha value is -0.960. The molecule has 3 nitrogen and oxygen atoms in total. The number of methoxy groups -OCH3 is 1. The lowest BCUT2D eigenvalue weighted by Gasteiger charge is -2.25. The van der Waals surface area contributed by atoms with Gasteiger partial charge in [-0.2, -0.15) is 0 Å². The minimum Gasteiger partial charge on any atom is -0.374 e. The standard InChI is InChI=1S/C9H13NO2/c1-9(2,12-3)7-4-5-8(11)10-6-7/h4,6H,5H2,1-3H3. The summed E-state index contributed by atoms with van der Waals surface area (Å²) in [6.45, 7) is 3.89. The van der Waals surface area contributed by atoms with Gasteiger partial charge >= 0.3 is 0 Å². The number of carbonyl (C=O) groups excluding carboxylic acids is 1. The van der Waals surface area contributed by atoms with E-state index in [1.807, 2.05) is 19.9 Å². The van der Waals surface area contributed by atoms with Gasteiger partial charge in [0.05, 0.1) is 5.60 Å². The Morgan fingerprint density at radius 1 is 1.58 bits per heavy atom. The molecule has 0 saturated heterocycles. The minimum absolute atomic E-state index is 0.0920. The summed E-state index contributed by atoms with van der Waals surface area (Å²) in [6.07, 6.45) is 3.83. The van der Waals surface area contributed by atoms with Gasteiger partial charge in [0.2, 0.25) is 5.91 Å². The smallest absolute Gasteiger partial charge is 0.249 e. The average Bonchev–Trinajstić information content (AvgIpc) is 2.05. The fourth-order valence-corrected chi connectivity index (χ4v) is 0.963. The number of aliphatic imine (C=N–C) groups is 1. The Balaban J connectivity index is 2.79. The van der Waals surface area contributed by atoms with Gasteiger partial charge in [-0.1, -0.05) is 6.08 Å². The van der Waals surface area contributed by atoms with Crippen LogP contribution in [0.25, 0.3) is 0 Å². The third-order valence-electron chi connectivity index (χ3n) is 2.05. The van der Waals surface area contributed by atoms with Crippen molar-refractivity contribution in [3.05, 3.63) is 11.6 Å². The Morgan fingerprint density at radius 3 is 2.67 bits per heavy atom. The molecule has 3 heteroatoms. The first-order valence-corrected chi connectivity index (χ1v) is 3.89. The lowest BCUT2D eigenvalue weighted by Crippen LogP contribution is -2.27. The molecule has 1 heterocycles. The maximum Gasteiger partial charge on any atom is 0.249 e. The highest BCUT2D eigenvalue weighted by Gasteiger charge is 2.22. The van der Waals surface area contributed by atoms with E-state index in [1.54, 1.807) is 13.3 Å². The molecule has 1 rings (SSSR count). The molecule has 0 unspecified atom stereocenters. The highest BCUT2D eigenvalue weighted by Crippen LogP contribution is 2.20. The van der Waals surface area contributed by atoms with Gasteiger partial charge in [0.25, 0.3) is 0 Å². The van der Waals surface area contributed by atoms with Crippen molar-refractivity contribution in [3.63, 3.8) is 0 Å². The molecule has 0 aromatic carbocycles. The lowest BCUT2D eigenvalue weighted by molar-refractivity contribution is -0.117. The number of ether oxygens (including phenoxy) is 1. The van der Waals surface area contributed by atoms with Crippen LogP contribution in [-0.4, -0.2) is 24.8 Å². The van der Waals surface area contributed by atoms with Crippen molar-refractivity contribution in [2.45, 2.75) is 25.9 Å². The number of dihydropyridines is 1. The maximum atomic E-state index is 10.7. The van der Waals surface area contributed by atoms with Crippen LogP contribution in [0.1, 0.15) is 20.3 Å². The molecule has 0 radical (unpaired) electrons. The van der Waals surface area contributed by atoms with E-state index < -0.39 is 0 Å². The second-order valence-electron chi connectivity index (χ2n) is 3.23. The zero-order valence-electron chi connectivity index (χ0n) is 7.63. The molecule has 1 aliphatic rings. The zero-order valence-corrected chi connectivity index (χ0v) is 7.63. The van der Waals surface area contributed by atoms with E-state index in [2.05, 4.69) is 4.99 Å². The van der Waals surface area contributed by atoms with Crippen molar-refractivity contribution >= 4 is 12.1 Å². The summed E-state index contributed by atoms with van der Waals surface area (Å²) in [6, 6.07) is 0. The number of carbonyl (C=O) groups is 1. The van der Waals surface area contributed by atoms with Crippen LogP contribution >= 0.6 is 0 Å². The first-order valence-electron chi connectivity index (χ1n) is 3.89. The highest BCUT2D eigenvalue weighted by atomic mass is 16.5. The van der Waals surface area contributed by atoms with Crippen LogP contribution in [0.3, 0.4) is 0 Å². The zero-order chi connectivity index (χ0) is 9.19. The van der Waals surface area contributed by atoms with Crippen molar-refractivity contribution < 1.29 is 9.53 Å². The fourth-order valence-electron chi connectivity index (χ4n) is 0.963. The van der Waals surface area contributed by atoms with Gasteiger partial charge in [-0.05, 0) is 19.4 Å². The molecule has 1 amide bonds. The largest absolute Gasteiger partial charge is 0.374 e. The fraction of sp³-hybridized carbons (Fsp3) is 0.556. The molecule has 0 saturated carbocycles. The van der Waals surface area contributed by atoms with Gasteiger partial charge in [0.1, 0.15) is 0 Å². The molecule has 0 aromatic heterocycles. The number of rotatable bonds is 2. The number of hydrogen-bond donors (Lipinski definition) is 0. The number of nitrogens with zero attached hydrogens (tertiary/aromatic N) is 1. The van der Waals surface area contributed by atoms with E-state index in [0.717, 1.165) is 5.57 Å². The van der Waals surface area contributed by atoms with Crippen LogP contribution in [0.4, 0.5) is 0 Å². The quantitative estimate of drug-likeness (QED) is 0.622. The highest BCUT2D eigenvalue weighted by molar-refractivity contribution is 5.96. The van der Waals surface area contributed by atoms with E-state index in [-0.39, 0.29) is 11.5 Å². The number of amides is 1. The molecule has 0 N–H and O–H groups in total. The maximum absolute atomic E-state index is 10.7. The Kier molecular flexibility index (Phi) is 2.43. The SMILES string of the molecule is COC(C)(C)C1=CCC(=O)N=C1. The van der Waals surface area contributed by atoms with E-state index in [4.69, 9.17) is 4.74 Å². The second kappa shape index (κ2) is 3.19. The summed E-state index contributed by atoms with van der Waals surface area (Å²) >= 11 is 0. The van der Waals surface area contributed by atoms with E-state index >= 15 is 0 Å². The van der Waals surface area contributed by atoms with Gasteiger partial charge in [-0.25, -0.2) is 4.99 Å². The molecule has 0 spiro atoms. The molecule has 0 bridgehead atoms. The monoisotopic (exact) mass is 167 g/mol. The summed E-state index contributed by atoms with van der Waals surface area (Å²) in [7, 11) is 1.64. The van der Waals surface area contributed by atoms with Gasteiger partial charge < -0.3 is 4.74 Å². The normalized spacial score (nSPS) is 17.9. The van der Waals surface area contributed by atoms with Gasteiger partial charge in [-0.15, -0.1) is 0 Å². The first kappa shape index (κ1) is 9.13. The van der Waals surface area contributed by atoms with E-state index in [9.17, 15) is 4.79 Å². The Bertz CT molecular complexity index is 251. The summed E-state index contributed by atoms with van der Waals surface area (Å²) in [5.41, 5.74) is 0.620. The molecule has 0 aromatic rings. The summed E-state index contributed by atoms with van der Waals surface area (Å²) in [4.78, 5) is 14.5. The molecule has 0 fully saturated rings. The van der Waals surface area contributed by atoms with E-state index in [0.29, 0.717) is 6.42 Å². The third-order valence-corrected chi connectivity index (χ3v) is 2.05. The van der Waals surface area contributed by atoms with Crippen LogP contribution in [-0.2, 0) is 9.53 Å². The average molecular weight is 167 g/mol. The summed E-state index contributed by atoms with van der Waals surface area (Å²) < 4.78 is 5.24. The van der Waals surface area contributed by atoms with Crippen LogP contribution in [0.2, 0.25) is 0 Å². The van der Waals surface area contributed by atoms with Gasteiger partial charge in [0.15, 0.2) is 0 Å². The van der Waals surface area contributed by atoms with E-state index in [1.165, 1.54) is 0 Å². The first-order chi connectivity index (χ1) is 5.56. The van der Waals surface area contributed by atoms with Crippen molar-refractivity contribution in [2.24, 2.45) is 4.99 Å². The molecule has 0 atom stereocenters. The number of hydrogen-bond acceptors (Lipinski definition) is 2. The predicted octanol–water partition coefficient (Wildman–Crippen LogP) is 1.34. The molecule has 12 heavy (non-hydrogen) atoms. The Labute approximate surface area is 72.1 Å². The third kappa shape index (κ3) is 1.80. The van der Waals surface area contributed by atoms with Crippen LogP contribution in [0, 0.1) is 0 Å². The van der Waals surface area contributed by atoms with Crippen LogP contribution in [0.5, 0.6) is 0 Å². The van der Waals surface area contributed by atoms with Crippen molar-refractivity contribution in [2.75, 3.05) is 7.11 Å². The van der Waals surface area contributed by atoms with Crippen molar-refractivity contribution in [3.8, 4) is 0 Å². The molecule has 1 aliphatic heterocycles. The minimum atomic E-state index is -0.343. The topological polar surface area (TPSA) is 38.7 Å². The van der Waals surface area contributed by atoms with Crippen LogP contribution < -0.4 is 0 Å². The summed E-state index contributed by atoms with van der Waals surface area (Å²) in [5.74, 6) is -0.0920. The van der Waals surface area contributed by atoms with Gasteiger partial charge in [0, 0.05) is 19.7 Å². The lowest BCUT2D eigenvalue weighted by atomic mass is 9.96. The molecular formula is C9H13NO2. The predicted molar refractivity (Wildman–Crippen MR) is 47.3 cm³/mol. The Morgan fingerprint density at radius 2 is 2.25 bits per heavy atom.